The summed E-state index contributed by atoms with van der Waals surface area (Å²) in [6.45, 7) is 1.90. The molecule has 1 aromatic carbocycles. The van der Waals surface area contributed by atoms with Crippen LogP contribution in [0, 0.1) is 6.92 Å². The molecule has 1 N–H and O–H groups in total. The third-order valence-electron chi connectivity index (χ3n) is 3.85. The lowest BCUT2D eigenvalue weighted by Crippen LogP contribution is -2.22. The van der Waals surface area contributed by atoms with Crippen molar-refractivity contribution in [3.63, 3.8) is 0 Å². The first kappa shape index (κ1) is 13.3. The number of nitrogens with zero attached hydrogens (tertiary/aromatic N) is 2. The Morgan fingerprint density at radius 2 is 2.10 bits per heavy atom. The number of aryl methyl sites for hydroxylation is 1. The van der Waals surface area contributed by atoms with Gasteiger partial charge in [0.2, 0.25) is 0 Å². The molecular weight excluding hydrogens is 276 g/mol. The molecule has 5 nitrogen and oxygen atoms in total. The monoisotopic (exact) mass is 292 g/mol. The fourth-order valence-electron chi connectivity index (χ4n) is 2.91. The Labute approximate surface area is 119 Å². The molecule has 1 aromatic heterocycles. The molecule has 0 unspecified atom stereocenters. The van der Waals surface area contributed by atoms with Gasteiger partial charge < -0.3 is 9.67 Å². The molecule has 106 valence electrons. The van der Waals surface area contributed by atoms with Crippen LogP contribution in [-0.2, 0) is 10.8 Å². The summed E-state index contributed by atoms with van der Waals surface area (Å²) in [5.74, 6) is 1.29. The van der Waals surface area contributed by atoms with E-state index in [2.05, 4.69) is 9.55 Å². The highest BCUT2D eigenvalue weighted by Crippen LogP contribution is 2.29. The first-order chi connectivity index (χ1) is 9.58. The quantitative estimate of drug-likeness (QED) is 0.920. The highest BCUT2D eigenvalue weighted by atomic mass is 32.2. The van der Waals surface area contributed by atoms with E-state index >= 15 is 0 Å². The van der Waals surface area contributed by atoms with Gasteiger partial charge in [0.25, 0.3) is 0 Å². The Kier molecular flexibility index (Phi) is 3.33. The van der Waals surface area contributed by atoms with Crippen LogP contribution < -0.4 is 0 Å². The van der Waals surface area contributed by atoms with E-state index in [0.29, 0.717) is 17.0 Å². The van der Waals surface area contributed by atoms with Crippen molar-refractivity contribution >= 4 is 27.8 Å². The van der Waals surface area contributed by atoms with Gasteiger partial charge in [-0.2, -0.15) is 0 Å². The molecule has 6 heteroatoms. The Balaban J connectivity index is 2.12. The number of imidazole rings is 1. The Bertz CT molecular complexity index is 698. The second-order valence-electron chi connectivity index (χ2n) is 5.09. The number of aromatic nitrogens is 2. The van der Waals surface area contributed by atoms with Crippen LogP contribution in [-0.4, -0.2) is 36.3 Å². The standard InChI is InChI=1S/C14H16N2O3S/c1-9-15-13-11(14(17)18)3-2-4-12(13)16(9)10-5-7-20(19)8-6-10/h2-4,10H,5-8H2,1H3,(H,17,18). The van der Waals surface area contributed by atoms with Crippen molar-refractivity contribution < 1.29 is 14.1 Å². The zero-order valence-corrected chi connectivity index (χ0v) is 12.0. The Morgan fingerprint density at radius 1 is 1.40 bits per heavy atom. The van der Waals surface area contributed by atoms with E-state index in [9.17, 15) is 14.1 Å². The Hall–Kier alpha value is -1.69. The van der Waals surface area contributed by atoms with Crippen molar-refractivity contribution in [2.75, 3.05) is 11.5 Å². The highest BCUT2D eigenvalue weighted by molar-refractivity contribution is 7.85. The van der Waals surface area contributed by atoms with Gasteiger partial charge in [-0.15, -0.1) is 0 Å². The van der Waals surface area contributed by atoms with E-state index in [1.165, 1.54) is 0 Å². The maximum absolute atomic E-state index is 11.5. The highest BCUT2D eigenvalue weighted by Gasteiger charge is 2.24. The van der Waals surface area contributed by atoms with Gasteiger partial charge in [0.1, 0.15) is 11.3 Å². The fraction of sp³-hybridized carbons (Fsp3) is 0.429. The number of carboxylic acids is 1. The maximum atomic E-state index is 11.5. The summed E-state index contributed by atoms with van der Waals surface area (Å²) in [4.78, 5) is 15.7. The van der Waals surface area contributed by atoms with Crippen LogP contribution in [0.4, 0.5) is 0 Å². The van der Waals surface area contributed by atoms with Crippen LogP contribution in [0.1, 0.15) is 35.1 Å². The smallest absolute Gasteiger partial charge is 0.337 e. The maximum Gasteiger partial charge on any atom is 0.337 e. The molecule has 0 radical (unpaired) electrons. The van der Waals surface area contributed by atoms with Gasteiger partial charge in [0.05, 0.1) is 11.1 Å². The van der Waals surface area contributed by atoms with Crippen LogP contribution in [0.3, 0.4) is 0 Å². The molecule has 0 bridgehead atoms. The van der Waals surface area contributed by atoms with Gasteiger partial charge >= 0.3 is 5.97 Å². The normalized spacial score (nSPS) is 23.1. The van der Waals surface area contributed by atoms with Gasteiger partial charge in [-0.1, -0.05) is 6.07 Å². The number of para-hydroxylation sites is 1. The van der Waals surface area contributed by atoms with Crippen molar-refractivity contribution in [1.29, 1.82) is 0 Å². The molecule has 2 aromatic rings. The molecule has 0 saturated carbocycles. The van der Waals surface area contributed by atoms with Gasteiger partial charge in [-0.25, -0.2) is 9.78 Å². The van der Waals surface area contributed by atoms with Gasteiger partial charge in [-0.3, -0.25) is 4.21 Å². The van der Waals surface area contributed by atoms with Crippen LogP contribution in [0.15, 0.2) is 18.2 Å². The van der Waals surface area contributed by atoms with E-state index in [4.69, 9.17) is 0 Å². The molecule has 0 aliphatic carbocycles. The lowest BCUT2D eigenvalue weighted by atomic mass is 10.1. The summed E-state index contributed by atoms with van der Waals surface area (Å²) in [5, 5.41) is 9.24. The van der Waals surface area contributed by atoms with Crippen molar-refractivity contribution in [2.24, 2.45) is 0 Å². The summed E-state index contributed by atoms with van der Waals surface area (Å²) in [6, 6.07) is 5.51. The van der Waals surface area contributed by atoms with E-state index in [1.807, 2.05) is 13.0 Å². The number of fused-ring (bicyclic) bond motifs is 1. The van der Waals surface area contributed by atoms with E-state index < -0.39 is 16.8 Å². The third-order valence-corrected chi connectivity index (χ3v) is 5.23. The zero-order chi connectivity index (χ0) is 14.3. The number of hydrogen-bond donors (Lipinski definition) is 1. The van der Waals surface area contributed by atoms with Crippen molar-refractivity contribution in [2.45, 2.75) is 25.8 Å². The average molecular weight is 292 g/mol. The molecular formula is C14H16N2O3S. The molecule has 1 fully saturated rings. The molecule has 2 heterocycles. The lowest BCUT2D eigenvalue weighted by Gasteiger charge is -2.24. The van der Waals surface area contributed by atoms with Gasteiger partial charge in [0.15, 0.2) is 0 Å². The van der Waals surface area contributed by atoms with Crippen molar-refractivity contribution in [3.8, 4) is 0 Å². The second-order valence-corrected chi connectivity index (χ2v) is 6.78. The summed E-state index contributed by atoms with van der Waals surface area (Å²) < 4.78 is 13.6. The van der Waals surface area contributed by atoms with Crippen LogP contribution in [0.2, 0.25) is 0 Å². The van der Waals surface area contributed by atoms with E-state index in [-0.39, 0.29) is 11.6 Å². The minimum Gasteiger partial charge on any atom is -0.478 e. The van der Waals surface area contributed by atoms with Crippen LogP contribution in [0.5, 0.6) is 0 Å². The number of carboxylic acid groups (broad SMARTS) is 1. The minimum atomic E-state index is -0.954. The largest absolute Gasteiger partial charge is 0.478 e. The SMILES string of the molecule is Cc1nc2c(C(=O)O)cccc2n1C1CCS(=O)CC1. The summed E-state index contributed by atoms with van der Waals surface area (Å²) in [7, 11) is -0.702. The van der Waals surface area contributed by atoms with Gasteiger partial charge in [0, 0.05) is 28.3 Å². The van der Waals surface area contributed by atoms with Crippen molar-refractivity contribution in [3.05, 3.63) is 29.6 Å². The molecule has 3 rings (SSSR count). The number of benzene rings is 1. The van der Waals surface area contributed by atoms with E-state index in [0.717, 1.165) is 24.2 Å². The zero-order valence-electron chi connectivity index (χ0n) is 11.2. The lowest BCUT2D eigenvalue weighted by molar-refractivity contribution is 0.0699. The number of aromatic carboxylic acids is 1. The molecule has 1 aliphatic heterocycles. The Morgan fingerprint density at radius 3 is 2.75 bits per heavy atom. The number of rotatable bonds is 2. The van der Waals surface area contributed by atoms with E-state index in [1.54, 1.807) is 12.1 Å². The minimum absolute atomic E-state index is 0.240. The predicted molar refractivity (Wildman–Crippen MR) is 77.6 cm³/mol. The predicted octanol–water partition coefficient (Wildman–Crippen LogP) is 2.13. The summed E-state index contributed by atoms with van der Waals surface area (Å²) >= 11 is 0. The van der Waals surface area contributed by atoms with Crippen LogP contribution >= 0.6 is 0 Å². The molecule has 1 aliphatic rings. The van der Waals surface area contributed by atoms with Crippen LogP contribution in [0.25, 0.3) is 11.0 Å². The average Bonchev–Trinajstić information content (AvgIpc) is 2.75. The number of carbonyl (C=O) groups is 1. The molecule has 0 spiro atoms. The first-order valence-electron chi connectivity index (χ1n) is 6.63. The summed E-state index contributed by atoms with van der Waals surface area (Å²) in [5.41, 5.74) is 1.65. The number of hydrogen-bond acceptors (Lipinski definition) is 3. The molecule has 1 saturated heterocycles. The molecule has 0 atom stereocenters. The first-order valence-corrected chi connectivity index (χ1v) is 8.12. The van der Waals surface area contributed by atoms with Gasteiger partial charge in [-0.05, 0) is 31.9 Å². The molecule has 20 heavy (non-hydrogen) atoms. The third kappa shape index (κ3) is 2.14. The van der Waals surface area contributed by atoms with Crippen molar-refractivity contribution in [1.82, 2.24) is 9.55 Å². The summed E-state index contributed by atoms with van der Waals surface area (Å²) in [6.07, 6.45) is 1.71. The fourth-order valence-corrected chi connectivity index (χ4v) is 4.18. The topological polar surface area (TPSA) is 72.2 Å². The second kappa shape index (κ2) is 5.01. The molecule has 0 amide bonds.